The third-order valence-electron chi connectivity index (χ3n) is 5.55. The summed E-state index contributed by atoms with van der Waals surface area (Å²) in [6.45, 7) is 4.34. The Morgan fingerprint density at radius 3 is 2.83 bits per heavy atom. The molecule has 1 aromatic carbocycles. The number of benzene rings is 1. The molecule has 2 aliphatic heterocycles. The van der Waals surface area contributed by atoms with Gasteiger partial charge in [-0.15, -0.1) is 10.2 Å². The fraction of sp³-hybridized carbons (Fsp3) is 0.400. The summed E-state index contributed by atoms with van der Waals surface area (Å²) in [5.74, 6) is 2.53. The molecule has 0 unspecified atom stereocenters. The molecule has 9 heteroatoms. The first-order chi connectivity index (χ1) is 14.2. The zero-order valence-electron chi connectivity index (χ0n) is 15.8. The van der Waals surface area contributed by atoms with Gasteiger partial charge in [0.1, 0.15) is 11.5 Å². The molecule has 0 bridgehead atoms. The van der Waals surface area contributed by atoms with E-state index in [0.717, 1.165) is 67.7 Å². The average molecular weight is 433 g/mol. The Morgan fingerprint density at radius 2 is 1.97 bits per heavy atom. The fourth-order valence-corrected chi connectivity index (χ4v) is 4.36. The molecule has 3 aromatic rings. The highest BCUT2D eigenvalue weighted by molar-refractivity contribution is 6.33. The maximum atomic E-state index is 6.37. The van der Waals surface area contributed by atoms with E-state index in [2.05, 4.69) is 36.8 Å². The van der Waals surface area contributed by atoms with E-state index in [9.17, 15) is 0 Å². The van der Waals surface area contributed by atoms with Gasteiger partial charge in [0.15, 0.2) is 0 Å². The Balaban J connectivity index is 1.40. The molecule has 0 aliphatic carbocycles. The number of H-pyrrole nitrogens is 1. The summed E-state index contributed by atoms with van der Waals surface area (Å²) in [5, 5.41) is 16.8. The van der Waals surface area contributed by atoms with Crippen molar-refractivity contribution in [2.24, 2.45) is 0 Å². The van der Waals surface area contributed by atoms with Gasteiger partial charge in [-0.2, -0.15) is 0 Å². The molecule has 152 valence electrons. The van der Waals surface area contributed by atoms with Crippen molar-refractivity contribution < 1.29 is 4.42 Å². The second-order valence-electron chi connectivity index (χ2n) is 7.50. The smallest absolute Gasteiger partial charge is 0.264 e. The number of rotatable bonds is 4. The number of piperidine rings is 1. The van der Waals surface area contributed by atoms with Gasteiger partial charge < -0.3 is 24.9 Å². The van der Waals surface area contributed by atoms with Crippen LogP contribution in [0.25, 0.3) is 11.6 Å². The molecule has 3 N–H and O–H groups in total. The summed E-state index contributed by atoms with van der Waals surface area (Å²) < 4.78 is 6.01. The van der Waals surface area contributed by atoms with Crippen molar-refractivity contribution in [2.45, 2.75) is 25.3 Å². The van der Waals surface area contributed by atoms with E-state index in [1.807, 2.05) is 12.1 Å². The van der Waals surface area contributed by atoms with E-state index in [1.165, 1.54) is 0 Å². The predicted octanol–water partition coefficient (Wildman–Crippen LogP) is 4.27. The molecule has 5 rings (SSSR count). The quantitative estimate of drug-likeness (QED) is 0.570. The summed E-state index contributed by atoms with van der Waals surface area (Å²) in [7, 11) is 0. The predicted molar refractivity (Wildman–Crippen MR) is 115 cm³/mol. The molecule has 1 saturated heterocycles. The Bertz CT molecular complexity index is 1010. The van der Waals surface area contributed by atoms with Crippen molar-refractivity contribution in [3.8, 4) is 11.6 Å². The summed E-state index contributed by atoms with van der Waals surface area (Å²) in [6.07, 6.45) is 2.05. The monoisotopic (exact) mass is 432 g/mol. The van der Waals surface area contributed by atoms with Gasteiger partial charge in [0.2, 0.25) is 5.89 Å². The minimum Gasteiger partial charge on any atom is -0.419 e. The van der Waals surface area contributed by atoms with Crippen molar-refractivity contribution in [1.29, 1.82) is 0 Å². The van der Waals surface area contributed by atoms with Crippen molar-refractivity contribution in [3.05, 3.63) is 45.8 Å². The van der Waals surface area contributed by atoms with E-state index in [-0.39, 0.29) is 0 Å². The number of nitrogens with one attached hydrogen (secondary N) is 3. The molecule has 0 atom stereocenters. The molecule has 2 aromatic heterocycles. The maximum Gasteiger partial charge on any atom is 0.264 e. The molecule has 0 radical (unpaired) electrons. The number of halogens is 2. The van der Waals surface area contributed by atoms with Crippen LogP contribution in [0.5, 0.6) is 0 Å². The number of fused-ring (bicyclic) bond motifs is 1. The number of aromatic nitrogens is 3. The molecular weight excluding hydrogens is 411 g/mol. The van der Waals surface area contributed by atoms with Crippen LogP contribution in [0.2, 0.25) is 10.0 Å². The number of hydrogen-bond donors (Lipinski definition) is 3. The third-order valence-corrected chi connectivity index (χ3v) is 6.15. The van der Waals surface area contributed by atoms with Crippen LogP contribution >= 0.6 is 23.2 Å². The lowest BCUT2D eigenvalue weighted by Crippen LogP contribution is -2.33. The van der Waals surface area contributed by atoms with Crippen LogP contribution in [-0.4, -0.2) is 41.4 Å². The van der Waals surface area contributed by atoms with Crippen molar-refractivity contribution in [1.82, 2.24) is 20.5 Å². The topological polar surface area (TPSA) is 82.0 Å². The normalized spacial score (nSPS) is 17.2. The lowest BCUT2D eigenvalue weighted by Gasteiger charge is -2.30. The molecule has 4 heterocycles. The molecular formula is C20H22Cl2N6O. The first kappa shape index (κ1) is 18.8. The van der Waals surface area contributed by atoms with Crippen LogP contribution in [0.1, 0.15) is 30.2 Å². The standard InChI is InChI=1S/C20H22Cl2N6O/c21-14-1-2-15(22)13(9-14)11-28-8-7-24-18-17(28)10-16(25-18)20-27-26-19(29-20)12-3-5-23-6-4-12/h1-2,9-10,12,23-25H,3-8,11H2. The second-order valence-corrected chi connectivity index (χ2v) is 8.34. The van der Waals surface area contributed by atoms with E-state index < -0.39 is 0 Å². The summed E-state index contributed by atoms with van der Waals surface area (Å²) in [4.78, 5) is 5.66. The van der Waals surface area contributed by atoms with Crippen LogP contribution in [-0.2, 0) is 6.54 Å². The van der Waals surface area contributed by atoms with Crippen LogP contribution in [0.15, 0.2) is 28.7 Å². The molecule has 0 saturated carbocycles. The lowest BCUT2D eigenvalue weighted by molar-refractivity contribution is 0.378. The number of aromatic amines is 1. The fourth-order valence-electron chi connectivity index (χ4n) is 3.99. The molecule has 29 heavy (non-hydrogen) atoms. The van der Waals surface area contributed by atoms with Crippen LogP contribution in [0, 0.1) is 0 Å². The Hall–Kier alpha value is -2.22. The van der Waals surface area contributed by atoms with Crippen molar-refractivity contribution >= 4 is 34.7 Å². The van der Waals surface area contributed by atoms with Gasteiger partial charge in [0, 0.05) is 35.6 Å². The minimum absolute atomic E-state index is 0.335. The zero-order valence-corrected chi connectivity index (χ0v) is 17.4. The zero-order chi connectivity index (χ0) is 19.8. The molecule has 7 nitrogen and oxygen atoms in total. The lowest BCUT2D eigenvalue weighted by atomic mass is 9.98. The van der Waals surface area contributed by atoms with E-state index in [0.29, 0.717) is 28.4 Å². The van der Waals surface area contributed by atoms with E-state index in [4.69, 9.17) is 27.6 Å². The first-order valence-electron chi connectivity index (χ1n) is 9.87. The highest BCUT2D eigenvalue weighted by Gasteiger charge is 2.25. The van der Waals surface area contributed by atoms with Gasteiger partial charge >= 0.3 is 0 Å². The van der Waals surface area contributed by atoms with Crippen LogP contribution in [0.3, 0.4) is 0 Å². The number of hydrogen-bond acceptors (Lipinski definition) is 6. The highest BCUT2D eigenvalue weighted by atomic mass is 35.5. The second kappa shape index (κ2) is 7.89. The first-order valence-corrected chi connectivity index (χ1v) is 10.6. The average Bonchev–Trinajstić information content (AvgIpc) is 3.39. The largest absolute Gasteiger partial charge is 0.419 e. The summed E-state index contributed by atoms with van der Waals surface area (Å²) in [6, 6.07) is 7.62. The Labute approximate surface area is 178 Å². The van der Waals surface area contributed by atoms with Gasteiger partial charge in [-0.3, -0.25) is 0 Å². The van der Waals surface area contributed by atoms with Gasteiger partial charge in [0.05, 0.1) is 5.69 Å². The Morgan fingerprint density at radius 1 is 1.10 bits per heavy atom. The molecule has 2 aliphatic rings. The third kappa shape index (κ3) is 3.82. The van der Waals surface area contributed by atoms with Gasteiger partial charge in [0.25, 0.3) is 5.89 Å². The van der Waals surface area contributed by atoms with E-state index >= 15 is 0 Å². The SMILES string of the molecule is Clc1ccc(Cl)c(CN2CCNc3[nH]c(-c4nnc(C5CCNCC5)o4)cc32)c1. The van der Waals surface area contributed by atoms with Crippen LogP contribution < -0.4 is 15.5 Å². The summed E-state index contributed by atoms with van der Waals surface area (Å²) in [5.41, 5.74) is 2.88. The Kier molecular flexibility index (Phi) is 5.11. The molecule has 1 fully saturated rings. The molecule has 0 spiro atoms. The van der Waals surface area contributed by atoms with Crippen molar-refractivity contribution in [3.63, 3.8) is 0 Å². The maximum absolute atomic E-state index is 6.37. The number of nitrogens with zero attached hydrogens (tertiary/aromatic N) is 3. The molecule has 0 amide bonds. The van der Waals surface area contributed by atoms with Gasteiger partial charge in [-0.1, -0.05) is 23.2 Å². The highest BCUT2D eigenvalue weighted by Crippen LogP contribution is 2.36. The van der Waals surface area contributed by atoms with Gasteiger partial charge in [-0.25, -0.2) is 0 Å². The number of anilines is 2. The van der Waals surface area contributed by atoms with Gasteiger partial charge in [-0.05, 0) is 55.8 Å². The van der Waals surface area contributed by atoms with Crippen molar-refractivity contribution in [2.75, 3.05) is 36.4 Å². The summed E-state index contributed by atoms with van der Waals surface area (Å²) >= 11 is 12.5. The van der Waals surface area contributed by atoms with E-state index in [1.54, 1.807) is 6.07 Å². The van der Waals surface area contributed by atoms with Crippen LogP contribution in [0.4, 0.5) is 11.5 Å². The minimum atomic E-state index is 0.335.